The van der Waals surface area contributed by atoms with Gasteiger partial charge in [0.15, 0.2) is 6.61 Å². The van der Waals surface area contributed by atoms with Gasteiger partial charge in [0.2, 0.25) is 0 Å². The molecule has 1 aliphatic rings. The first-order chi connectivity index (χ1) is 12.5. The van der Waals surface area contributed by atoms with Crippen LogP contribution in [0.1, 0.15) is 16.8 Å². The zero-order valence-corrected chi connectivity index (χ0v) is 15.5. The molecule has 1 aliphatic heterocycles. The van der Waals surface area contributed by atoms with Crippen molar-refractivity contribution in [3.8, 4) is 5.75 Å². The van der Waals surface area contributed by atoms with Crippen LogP contribution in [0.15, 0.2) is 48.5 Å². The third-order valence-corrected chi connectivity index (χ3v) is 5.00. The molecule has 3 rings (SSSR count). The highest BCUT2D eigenvalue weighted by Gasteiger charge is 2.28. The summed E-state index contributed by atoms with van der Waals surface area (Å²) in [5, 5.41) is 3.47. The van der Waals surface area contributed by atoms with Gasteiger partial charge in [0.25, 0.3) is 11.8 Å². The number of carbonyl (C=O) groups is 2. The quantitative estimate of drug-likeness (QED) is 0.847. The van der Waals surface area contributed by atoms with Gasteiger partial charge >= 0.3 is 0 Å². The van der Waals surface area contributed by atoms with Crippen LogP contribution in [-0.4, -0.2) is 42.5 Å². The van der Waals surface area contributed by atoms with Gasteiger partial charge in [-0.15, -0.1) is 0 Å². The maximum Gasteiger partial charge on any atom is 0.260 e. The Kier molecular flexibility index (Phi) is 6.01. The number of halogens is 2. The van der Waals surface area contributed by atoms with Gasteiger partial charge in [0.1, 0.15) is 5.75 Å². The molecular formula is C19H18Cl2N2O3. The zero-order valence-electron chi connectivity index (χ0n) is 14.0. The second-order valence-electron chi connectivity index (χ2n) is 6.00. The molecule has 0 aromatic heterocycles. The van der Waals surface area contributed by atoms with Crippen molar-refractivity contribution in [3.05, 3.63) is 64.1 Å². The molecule has 0 radical (unpaired) electrons. The molecule has 5 nitrogen and oxygen atoms in total. The van der Waals surface area contributed by atoms with Gasteiger partial charge in [-0.05, 0) is 30.7 Å². The molecular weight excluding hydrogens is 375 g/mol. The van der Waals surface area contributed by atoms with Gasteiger partial charge in [-0.3, -0.25) is 9.59 Å². The average Bonchev–Trinajstić information content (AvgIpc) is 3.11. The van der Waals surface area contributed by atoms with Crippen molar-refractivity contribution in [2.75, 3.05) is 19.7 Å². The predicted octanol–water partition coefficient (Wildman–Crippen LogP) is 3.40. The number of hydrogen-bond donors (Lipinski definition) is 1. The molecule has 1 heterocycles. The summed E-state index contributed by atoms with van der Waals surface area (Å²) in [4.78, 5) is 26.3. The number of ether oxygens (including phenoxy) is 1. The number of hydrogen-bond acceptors (Lipinski definition) is 3. The minimum Gasteiger partial charge on any atom is -0.484 e. The summed E-state index contributed by atoms with van der Waals surface area (Å²) in [5.41, 5.74) is 0.330. The average molecular weight is 393 g/mol. The Hall–Kier alpha value is -2.24. The molecule has 26 heavy (non-hydrogen) atoms. The van der Waals surface area contributed by atoms with Crippen molar-refractivity contribution < 1.29 is 14.3 Å². The molecule has 1 fully saturated rings. The number of rotatable bonds is 5. The van der Waals surface area contributed by atoms with Crippen molar-refractivity contribution in [3.63, 3.8) is 0 Å². The Bertz CT molecular complexity index is 799. The minimum absolute atomic E-state index is 0.0230. The molecule has 0 saturated carbocycles. The summed E-state index contributed by atoms with van der Waals surface area (Å²) >= 11 is 12.0. The van der Waals surface area contributed by atoms with E-state index in [0.717, 1.165) is 0 Å². The highest BCUT2D eigenvalue weighted by Crippen LogP contribution is 2.25. The predicted molar refractivity (Wildman–Crippen MR) is 101 cm³/mol. The molecule has 2 amide bonds. The van der Waals surface area contributed by atoms with Gasteiger partial charge in [-0.25, -0.2) is 0 Å². The normalized spacial score (nSPS) is 16.4. The highest BCUT2D eigenvalue weighted by atomic mass is 35.5. The smallest absolute Gasteiger partial charge is 0.260 e. The lowest BCUT2D eigenvalue weighted by atomic mass is 10.2. The monoisotopic (exact) mass is 392 g/mol. The summed E-state index contributed by atoms with van der Waals surface area (Å²) in [6.07, 6.45) is 0.682. The summed E-state index contributed by atoms with van der Waals surface area (Å²) in [5.74, 6) is 0.254. The van der Waals surface area contributed by atoms with E-state index in [0.29, 0.717) is 35.8 Å². The molecule has 2 aromatic rings. The van der Waals surface area contributed by atoms with Gasteiger partial charge in [0, 0.05) is 19.1 Å². The van der Waals surface area contributed by atoms with Crippen LogP contribution >= 0.6 is 23.2 Å². The number of nitrogens with one attached hydrogen (secondary N) is 1. The van der Waals surface area contributed by atoms with Gasteiger partial charge < -0.3 is 15.0 Å². The molecule has 0 unspecified atom stereocenters. The standard InChI is InChI=1S/C19H18Cl2N2O3/c20-16-8-4-7-15(18(16)21)19(25)22-13-9-10-23(11-13)17(24)12-26-14-5-2-1-3-6-14/h1-8,13H,9-12H2,(H,22,25)/t13-/m0/s1. The third-order valence-electron chi connectivity index (χ3n) is 4.18. The van der Waals surface area contributed by atoms with E-state index in [-0.39, 0.29) is 29.5 Å². The molecule has 2 aromatic carbocycles. The van der Waals surface area contributed by atoms with E-state index in [1.165, 1.54) is 0 Å². The first-order valence-electron chi connectivity index (χ1n) is 8.25. The summed E-state index contributed by atoms with van der Waals surface area (Å²) < 4.78 is 5.48. The second-order valence-corrected chi connectivity index (χ2v) is 6.79. The fourth-order valence-electron chi connectivity index (χ4n) is 2.80. The Morgan fingerprint density at radius 3 is 2.65 bits per heavy atom. The van der Waals surface area contributed by atoms with E-state index in [2.05, 4.69) is 5.32 Å². The van der Waals surface area contributed by atoms with Crippen LogP contribution in [0.5, 0.6) is 5.75 Å². The largest absolute Gasteiger partial charge is 0.484 e. The van der Waals surface area contributed by atoms with Crippen molar-refractivity contribution in [2.24, 2.45) is 0 Å². The van der Waals surface area contributed by atoms with E-state index in [4.69, 9.17) is 27.9 Å². The van der Waals surface area contributed by atoms with E-state index < -0.39 is 0 Å². The molecule has 1 atom stereocenters. The second kappa shape index (κ2) is 8.43. The maximum absolute atomic E-state index is 12.4. The zero-order chi connectivity index (χ0) is 18.5. The number of likely N-dealkylation sites (tertiary alicyclic amines) is 1. The van der Waals surface area contributed by atoms with Crippen LogP contribution in [0.2, 0.25) is 10.0 Å². The van der Waals surface area contributed by atoms with Crippen molar-refractivity contribution in [1.29, 1.82) is 0 Å². The van der Waals surface area contributed by atoms with Crippen LogP contribution in [0.4, 0.5) is 0 Å². The van der Waals surface area contributed by atoms with E-state index in [1.807, 2.05) is 18.2 Å². The Balaban J connectivity index is 1.51. The maximum atomic E-state index is 12.4. The topological polar surface area (TPSA) is 58.6 Å². The third kappa shape index (κ3) is 4.48. The number of amides is 2. The number of carbonyl (C=O) groups excluding carboxylic acids is 2. The first-order valence-corrected chi connectivity index (χ1v) is 9.00. The fourth-order valence-corrected chi connectivity index (χ4v) is 3.19. The number of nitrogens with zero attached hydrogens (tertiary/aromatic N) is 1. The molecule has 136 valence electrons. The van der Waals surface area contributed by atoms with Gasteiger partial charge in [-0.2, -0.15) is 0 Å². The van der Waals surface area contributed by atoms with E-state index in [1.54, 1.807) is 35.2 Å². The fraction of sp³-hybridized carbons (Fsp3) is 0.263. The van der Waals surface area contributed by atoms with E-state index >= 15 is 0 Å². The van der Waals surface area contributed by atoms with Crippen molar-refractivity contribution >= 4 is 35.0 Å². The molecule has 0 aliphatic carbocycles. The van der Waals surface area contributed by atoms with Crippen LogP contribution in [0.3, 0.4) is 0 Å². The molecule has 7 heteroatoms. The first kappa shape index (κ1) is 18.5. The van der Waals surface area contributed by atoms with Gasteiger partial charge in [0.05, 0.1) is 15.6 Å². The van der Waals surface area contributed by atoms with Crippen LogP contribution in [0, 0.1) is 0 Å². The lowest BCUT2D eigenvalue weighted by molar-refractivity contribution is -0.132. The number of benzene rings is 2. The molecule has 0 bridgehead atoms. The summed E-state index contributed by atoms with van der Waals surface area (Å²) in [6.45, 7) is 0.997. The van der Waals surface area contributed by atoms with Crippen molar-refractivity contribution in [1.82, 2.24) is 10.2 Å². The highest BCUT2D eigenvalue weighted by molar-refractivity contribution is 6.43. The summed E-state index contributed by atoms with van der Waals surface area (Å²) in [6, 6.07) is 14.0. The molecule has 1 saturated heterocycles. The van der Waals surface area contributed by atoms with Gasteiger partial charge in [-0.1, -0.05) is 47.5 Å². The Labute approximate surface area is 161 Å². The lowest BCUT2D eigenvalue weighted by Crippen LogP contribution is -2.39. The van der Waals surface area contributed by atoms with E-state index in [9.17, 15) is 9.59 Å². The number of para-hydroxylation sites is 1. The Morgan fingerprint density at radius 1 is 1.12 bits per heavy atom. The molecule has 0 spiro atoms. The Morgan fingerprint density at radius 2 is 1.88 bits per heavy atom. The SMILES string of the molecule is O=C(N[C@H]1CCN(C(=O)COc2ccccc2)C1)c1cccc(Cl)c1Cl. The van der Waals surface area contributed by atoms with Crippen LogP contribution in [0.25, 0.3) is 0 Å². The minimum atomic E-state index is -0.294. The van der Waals surface area contributed by atoms with Crippen LogP contribution in [-0.2, 0) is 4.79 Å². The lowest BCUT2D eigenvalue weighted by Gasteiger charge is -2.17. The molecule has 1 N–H and O–H groups in total. The van der Waals surface area contributed by atoms with Crippen LogP contribution < -0.4 is 10.1 Å². The summed E-state index contributed by atoms with van der Waals surface area (Å²) in [7, 11) is 0. The van der Waals surface area contributed by atoms with Crippen molar-refractivity contribution in [2.45, 2.75) is 12.5 Å².